The minimum atomic E-state index is -0.228. The first-order chi connectivity index (χ1) is 11.5. The summed E-state index contributed by atoms with van der Waals surface area (Å²) in [6, 6.07) is 10.5. The normalized spacial score (nSPS) is 10.3. The smallest absolute Gasteiger partial charge is 0.257 e. The molecule has 0 spiro atoms. The average Bonchev–Trinajstić information content (AvgIpc) is 2.60. The van der Waals surface area contributed by atoms with Gasteiger partial charge in [0, 0.05) is 18.1 Å². The maximum atomic E-state index is 12.5. The van der Waals surface area contributed by atoms with Gasteiger partial charge in [-0.1, -0.05) is 22.0 Å². The number of nitrogens with zero attached hydrogens (tertiary/aromatic N) is 1. The zero-order chi connectivity index (χ0) is 17.7. The molecule has 2 rings (SSSR count). The highest BCUT2D eigenvalue weighted by Gasteiger charge is 2.16. The molecular formula is C18H20BrNO4. The fourth-order valence-corrected chi connectivity index (χ4v) is 2.68. The lowest BCUT2D eigenvalue weighted by molar-refractivity contribution is 0.0793. The van der Waals surface area contributed by atoms with Gasteiger partial charge in [0.15, 0.2) is 11.5 Å². The fraction of sp³-hybridized carbons (Fsp3) is 0.278. The number of ether oxygens (including phenoxy) is 2. The molecule has 128 valence electrons. The van der Waals surface area contributed by atoms with E-state index in [9.17, 15) is 9.90 Å². The summed E-state index contributed by atoms with van der Waals surface area (Å²) in [5.41, 5.74) is 1.31. The molecule has 24 heavy (non-hydrogen) atoms. The van der Waals surface area contributed by atoms with Gasteiger partial charge in [-0.25, -0.2) is 0 Å². The van der Waals surface area contributed by atoms with Crippen molar-refractivity contribution in [3.63, 3.8) is 0 Å². The number of carbonyl (C=O) groups excluding carboxylic acids is 1. The molecule has 2 aromatic rings. The lowest BCUT2D eigenvalue weighted by atomic mass is 10.1. The molecule has 1 amide bonds. The minimum Gasteiger partial charge on any atom is -0.507 e. The number of hydrogen-bond acceptors (Lipinski definition) is 4. The molecule has 6 heteroatoms. The van der Waals surface area contributed by atoms with Crippen LogP contribution in [0, 0.1) is 0 Å². The van der Waals surface area contributed by atoms with Crippen molar-refractivity contribution in [3.05, 3.63) is 52.0 Å². The van der Waals surface area contributed by atoms with E-state index in [2.05, 4.69) is 15.9 Å². The number of carbonyl (C=O) groups is 1. The van der Waals surface area contributed by atoms with Gasteiger partial charge in [0.05, 0.1) is 19.8 Å². The van der Waals surface area contributed by atoms with E-state index in [0.29, 0.717) is 24.5 Å². The van der Waals surface area contributed by atoms with E-state index in [-0.39, 0.29) is 17.2 Å². The van der Waals surface area contributed by atoms with Gasteiger partial charge in [0.25, 0.3) is 5.91 Å². The van der Waals surface area contributed by atoms with Gasteiger partial charge in [-0.2, -0.15) is 0 Å². The number of phenols is 1. The molecule has 0 aliphatic carbocycles. The third-order valence-electron chi connectivity index (χ3n) is 3.72. The van der Waals surface area contributed by atoms with Crippen molar-refractivity contribution in [3.8, 4) is 17.2 Å². The molecule has 0 bridgehead atoms. The van der Waals surface area contributed by atoms with Crippen LogP contribution in [0.15, 0.2) is 40.9 Å². The van der Waals surface area contributed by atoms with Crippen LogP contribution in [0.5, 0.6) is 17.2 Å². The lowest BCUT2D eigenvalue weighted by Crippen LogP contribution is -2.28. The van der Waals surface area contributed by atoms with Crippen LogP contribution in [-0.4, -0.2) is 43.7 Å². The number of rotatable bonds is 6. The molecule has 0 atom stereocenters. The van der Waals surface area contributed by atoms with Crippen molar-refractivity contribution in [1.29, 1.82) is 0 Å². The van der Waals surface area contributed by atoms with Crippen LogP contribution in [0.4, 0.5) is 0 Å². The third kappa shape index (κ3) is 4.20. The molecule has 2 aromatic carbocycles. The summed E-state index contributed by atoms with van der Waals surface area (Å²) in [5, 5.41) is 9.87. The van der Waals surface area contributed by atoms with E-state index < -0.39 is 0 Å². The fourth-order valence-electron chi connectivity index (χ4n) is 2.32. The molecule has 0 heterocycles. The van der Waals surface area contributed by atoms with E-state index in [1.54, 1.807) is 38.3 Å². The zero-order valence-electron chi connectivity index (χ0n) is 13.9. The summed E-state index contributed by atoms with van der Waals surface area (Å²) < 4.78 is 11.2. The first-order valence-corrected chi connectivity index (χ1v) is 8.20. The second kappa shape index (κ2) is 8.06. The van der Waals surface area contributed by atoms with Gasteiger partial charge < -0.3 is 19.5 Å². The van der Waals surface area contributed by atoms with Gasteiger partial charge in [-0.3, -0.25) is 4.79 Å². The van der Waals surface area contributed by atoms with E-state index in [0.717, 1.165) is 10.0 Å². The Morgan fingerprint density at radius 2 is 1.83 bits per heavy atom. The summed E-state index contributed by atoms with van der Waals surface area (Å²) in [5.74, 6) is 1.08. The van der Waals surface area contributed by atoms with Crippen LogP contribution in [0.2, 0.25) is 0 Å². The van der Waals surface area contributed by atoms with Gasteiger partial charge in [-0.15, -0.1) is 0 Å². The molecule has 0 aliphatic rings. The first kappa shape index (κ1) is 18.1. The highest BCUT2D eigenvalue weighted by Crippen LogP contribution is 2.28. The summed E-state index contributed by atoms with van der Waals surface area (Å²) in [6.45, 7) is 0.514. The Balaban J connectivity index is 2.06. The van der Waals surface area contributed by atoms with Crippen molar-refractivity contribution in [1.82, 2.24) is 4.90 Å². The summed E-state index contributed by atoms with van der Waals surface area (Å²) in [7, 11) is 4.89. The molecule has 0 fully saturated rings. The Morgan fingerprint density at radius 1 is 1.12 bits per heavy atom. The minimum absolute atomic E-state index is 0.0267. The SMILES string of the molecule is COc1ccc(CCN(C)C(=O)c2cc(Br)ccc2O)cc1OC. The van der Waals surface area contributed by atoms with Crippen LogP contribution in [-0.2, 0) is 6.42 Å². The van der Waals surface area contributed by atoms with E-state index in [4.69, 9.17) is 9.47 Å². The van der Waals surface area contributed by atoms with E-state index >= 15 is 0 Å². The number of halogens is 1. The molecule has 0 saturated carbocycles. The van der Waals surface area contributed by atoms with Crippen molar-refractivity contribution in [2.45, 2.75) is 6.42 Å². The molecular weight excluding hydrogens is 374 g/mol. The predicted octanol–water partition coefficient (Wildman–Crippen LogP) is 3.49. The number of methoxy groups -OCH3 is 2. The quantitative estimate of drug-likeness (QED) is 0.815. The van der Waals surface area contributed by atoms with Crippen LogP contribution < -0.4 is 9.47 Å². The molecule has 0 saturated heterocycles. The number of likely N-dealkylation sites (N-methyl/N-ethyl adjacent to an activating group) is 1. The number of benzene rings is 2. The molecule has 1 N–H and O–H groups in total. The summed E-state index contributed by atoms with van der Waals surface area (Å²) in [6.07, 6.45) is 0.664. The van der Waals surface area contributed by atoms with Crippen molar-refractivity contribution in [2.24, 2.45) is 0 Å². The topological polar surface area (TPSA) is 59.0 Å². The zero-order valence-corrected chi connectivity index (χ0v) is 15.5. The van der Waals surface area contributed by atoms with Crippen LogP contribution in [0.25, 0.3) is 0 Å². The Hall–Kier alpha value is -2.21. The average molecular weight is 394 g/mol. The van der Waals surface area contributed by atoms with Gasteiger partial charge in [-0.05, 0) is 42.3 Å². The highest BCUT2D eigenvalue weighted by atomic mass is 79.9. The largest absolute Gasteiger partial charge is 0.507 e. The maximum absolute atomic E-state index is 12.5. The number of hydrogen-bond donors (Lipinski definition) is 1. The van der Waals surface area contributed by atoms with E-state index in [1.165, 1.54) is 6.07 Å². The monoisotopic (exact) mass is 393 g/mol. The standard InChI is InChI=1S/C18H20BrNO4/c1-20(18(22)14-11-13(19)5-6-15(14)21)9-8-12-4-7-16(23-2)17(10-12)24-3/h4-7,10-11,21H,8-9H2,1-3H3. The van der Waals surface area contributed by atoms with Gasteiger partial charge >= 0.3 is 0 Å². The Labute approximate surface area is 149 Å². The van der Waals surface area contributed by atoms with Gasteiger partial charge in [0.1, 0.15) is 5.75 Å². The number of aromatic hydroxyl groups is 1. The Kier molecular flexibility index (Phi) is 6.09. The van der Waals surface area contributed by atoms with Crippen molar-refractivity contribution < 1.29 is 19.4 Å². The molecule has 0 aromatic heterocycles. The summed E-state index contributed by atoms with van der Waals surface area (Å²) >= 11 is 3.31. The molecule has 0 radical (unpaired) electrons. The molecule has 0 unspecified atom stereocenters. The van der Waals surface area contributed by atoms with Crippen molar-refractivity contribution >= 4 is 21.8 Å². The molecule has 0 aliphatic heterocycles. The molecule has 5 nitrogen and oxygen atoms in total. The first-order valence-electron chi connectivity index (χ1n) is 7.41. The number of amides is 1. The van der Waals surface area contributed by atoms with Crippen LogP contribution in [0.3, 0.4) is 0 Å². The second-order valence-corrected chi connectivity index (χ2v) is 6.24. The second-order valence-electron chi connectivity index (χ2n) is 5.33. The lowest BCUT2D eigenvalue weighted by Gasteiger charge is -2.18. The van der Waals surface area contributed by atoms with Crippen LogP contribution >= 0.6 is 15.9 Å². The summed E-state index contributed by atoms with van der Waals surface area (Å²) in [4.78, 5) is 14.0. The van der Waals surface area contributed by atoms with Crippen molar-refractivity contribution in [2.75, 3.05) is 27.8 Å². The van der Waals surface area contributed by atoms with E-state index in [1.807, 2.05) is 18.2 Å². The highest BCUT2D eigenvalue weighted by molar-refractivity contribution is 9.10. The maximum Gasteiger partial charge on any atom is 0.257 e. The number of phenolic OH excluding ortho intramolecular Hbond substituents is 1. The third-order valence-corrected chi connectivity index (χ3v) is 4.21. The van der Waals surface area contributed by atoms with Crippen LogP contribution in [0.1, 0.15) is 15.9 Å². The predicted molar refractivity (Wildman–Crippen MR) is 96.0 cm³/mol. The van der Waals surface area contributed by atoms with Gasteiger partial charge in [0.2, 0.25) is 0 Å². The Bertz CT molecular complexity index is 733. The Morgan fingerprint density at radius 3 is 2.50 bits per heavy atom.